The number of aliphatic imine (C=N–C) groups is 1. The number of quaternary nitrogens is 1. The number of allylic oxidation sites excluding steroid dienone is 2. The third-order valence-corrected chi connectivity index (χ3v) is 17.0. The topological polar surface area (TPSA) is 78.4 Å². The maximum Gasteiger partial charge on any atom is 0.255 e. The lowest BCUT2D eigenvalue weighted by Gasteiger charge is -2.78. The van der Waals surface area contributed by atoms with Crippen molar-refractivity contribution >= 4 is 12.2 Å². The monoisotopic (exact) mass is 659 g/mol. The molecule has 48 heavy (non-hydrogen) atoms. The third-order valence-electron chi connectivity index (χ3n) is 17.0. The lowest BCUT2D eigenvalue weighted by Crippen LogP contribution is -2.78. The smallest absolute Gasteiger partial charge is 0.255 e. The Labute approximate surface area is 290 Å². The minimum absolute atomic E-state index is 0.0132. The van der Waals surface area contributed by atoms with Crippen molar-refractivity contribution in [1.29, 1.82) is 0 Å². The lowest BCUT2D eigenvalue weighted by molar-refractivity contribution is -0.860. The van der Waals surface area contributed by atoms with Gasteiger partial charge in [0.25, 0.3) is 5.84 Å². The van der Waals surface area contributed by atoms with Crippen LogP contribution in [0.2, 0.25) is 0 Å². The molecule has 14 atom stereocenters. The van der Waals surface area contributed by atoms with Gasteiger partial charge in [-0.15, -0.1) is 4.59 Å². The first-order valence-electron chi connectivity index (χ1n) is 19.2. The van der Waals surface area contributed by atoms with Gasteiger partial charge in [0.05, 0.1) is 32.3 Å². The normalized spacial score (nSPS) is 51.4. The molecule has 0 amide bonds. The minimum atomic E-state index is -0.434. The molecule has 3 saturated carbocycles. The second-order valence-corrected chi connectivity index (χ2v) is 19.2. The molecule has 0 aromatic rings. The number of hydrogen-bond donors (Lipinski definition) is 1. The van der Waals surface area contributed by atoms with Gasteiger partial charge in [-0.2, -0.15) is 4.99 Å². The fraction of sp³-hybridized carbons (Fsp3) is 0.805. The predicted molar refractivity (Wildman–Crippen MR) is 192 cm³/mol. The first-order valence-corrected chi connectivity index (χ1v) is 19.2. The van der Waals surface area contributed by atoms with Crippen LogP contribution in [0.15, 0.2) is 46.2 Å². The third kappa shape index (κ3) is 3.71. The number of fused-ring (bicyclic) bond motifs is 2. The number of amidine groups is 1. The van der Waals surface area contributed by atoms with E-state index in [2.05, 4.69) is 88.1 Å². The maximum absolute atomic E-state index is 7.19. The van der Waals surface area contributed by atoms with E-state index in [1.807, 2.05) is 6.08 Å². The largest absolute Gasteiger partial charge is 0.490 e. The van der Waals surface area contributed by atoms with Crippen molar-refractivity contribution in [3.8, 4) is 0 Å². The Morgan fingerprint density at radius 2 is 1.94 bits per heavy atom. The van der Waals surface area contributed by atoms with Crippen LogP contribution in [0.5, 0.6) is 0 Å². The molecule has 264 valence electrons. The van der Waals surface area contributed by atoms with Crippen LogP contribution in [0.4, 0.5) is 0 Å². The van der Waals surface area contributed by atoms with Gasteiger partial charge in [0, 0.05) is 34.3 Å². The summed E-state index contributed by atoms with van der Waals surface area (Å²) in [5, 5.41) is 5.10. The summed E-state index contributed by atoms with van der Waals surface area (Å²) in [4.78, 5) is 4.74. The van der Waals surface area contributed by atoms with Crippen molar-refractivity contribution in [3.63, 3.8) is 0 Å². The van der Waals surface area contributed by atoms with Crippen LogP contribution in [-0.2, 0) is 14.2 Å². The van der Waals surface area contributed by atoms with E-state index in [0.717, 1.165) is 18.7 Å². The Morgan fingerprint density at radius 1 is 1.19 bits per heavy atom. The van der Waals surface area contributed by atoms with Gasteiger partial charge in [-0.05, 0) is 87.0 Å². The first kappa shape index (κ1) is 33.3. The zero-order chi connectivity index (χ0) is 34.4. The molecule has 7 heteroatoms. The van der Waals surface area contributed by atoms with Crippen molar-refractivity contribution in [2.75, 3.05) is 20.3 Å². The van der Waals surface area contributed by atoms with Crippen LogP contribution < -0.4 is 5.73 Å². The van der Waals surface area contributed by atoms with Gasteiger partial charge in [0.2, 0.25) is 0 Å². The Kier molecular flexibility index (Phi) is 7.06. The van der Waals surface area contributed by atoms with E-state index in [1.54, 1.807) is 11.9 Å². The molecule has 7 nitrogen and oxygen atoms in total. The standard InChI is InChI=1S/C41H63N4O3/c1-12-33-43-23-44-45(33,11)30-19-40-27(7)46-21-36(8,35(30)47-22-38(10,42)25(4)5)32(40)14-13-28-29(40)15-16-39-20-31-34(39)41(48-31,26(6)24(2)3)18-17-37(28,39)9/h12,15,20,23-28,30,32,34-35H,1,13-14,16-19,21-22,42H2,2-11H3/q+1. The Bertz CT molecular complexity index is 1530. The summed E-state index contributed by atoms with van der Waals surface area (Å²) in [5.41, 5.74) is 8.27. The average Bonchev–Trinajstić information content (AvgIpc) is 3.41. The molecule has 2 bridgehead atoms. The molecular formula is C41H63N4O3+. The van der Waals surface area contributed by atoms with Gasteiger partial charge in [0.15, 0.2) is 6.34 Å². The lowest BCUT2D eigenvalue weighted by atomic mass is 9.31. The molecule has 5 aliphatic carbocycles. The van der Waals surface area contributed by atoms with Crippen molar-refractivity contribution in [2.24, 2.45) is 73.0 Å². The Hall–Kier alpha value is -1.80. The van der Waals surface area contributed by atoms with Gasteiger partial charge in [0.1, 0.15) is 23.5 Å². The molecule has 1 spiro atoms. The zero-order valence-electron chi connectivity index (χ0n) is 31.5. The summed E-state index contributed by atoms with van der Waals surface area (Å²) < 4.78 is 21.3. The van der Waals surface area contributed by atoms with E-state index in [4.69, 9.17) is 30.0 Å². The van der Waals surface area contributed by atoms with E-state index >= 15 is 0 Å². The molecule has 14 unspecified atom stereocenters. The number of nitrogens with two attached hydrogens (primary N) is 1. The molecule has 0 aromatic heterocycles. The molecular weight excluding hydrogens is 596 g/mol. The van der Waals surface area contributed by atoms with Crippen LogP contribution in [0.1, 0.15) is 101 Å². The summed E-state index contributed by atoms with van der Waals surface area (Å²) in [6.07, 6.45) is 15.9. The van der Waals surface area contributed by atoms with Crippen LogP contribution in [0, 0.1) is 57.2 Å². The van der Waals surface area contributed by atoms with E-state index in [-0.39, 0.29) is 45.5 Å². The molecule has 5 fully saturated rings. The quantitative estimate of drug-likeness (QED) is 0.215. The summed E-state index contributed by atoms with van der Waals surface area (Å²) >= 11 is 0. The molecule has 0 radical (unpaired) electrons. The van der Waals surface area contributed by atoms with Crippen molar-refractivity contribution < 1.29 is 18.8 Å². The van der Waals surface area contributed by atoms with E-state index < -0.39 is 5.54 Å². The number of likely N-dealkylation sites (N-methyl/N-ethyl adjacent to an activating group) is 1. The predicted octanol–water partition coefficient (Wildman–Crippen LogP) is 7.63. The molecule has 3 heterocycles. The van der Waals surface area contributed by atoms with Crippen LogP contribution in [0.25, 0.3) is 0 Å². The second-order valence-electron chi connectivity index (χ2n) is 19.2. The minimum Gasteiger partial charge on any atom is -0.490 e. The van der Waals surface area contributed by atoms with Gasteiger partial charge in [-0.1, -0.05) is 71.8 Å². The summed E-state index contributed by atoms with van der Waals surface area (Å²) in [7, 11) is 2.22. The van der Waals surface area contributed by atoms with Crippen LogP contribution >= 0.6 is 0 Å². The Morgan fingerprint density at radius 3 is 2.60 bits per heavy atom. The fourth-order valence-electron chi connectivity index (χ4n) is 13.2. The van der Waals surface area contributed by atoms with E-state index in [1.165, 1.54) is 31.4 Å². The zero-order valence-corrected chi connectivity index (χ0v) is 31.5. The van der Waals surface area contributed by atoms with Gasteiger partial charge < -0.3 is 19.9 Å². The maximum atomic E-state index is 7.19. The summed E-state index contributed by atoms with van der Waals surface area (Å²) in [6.45, 7) is 26.6. The number of hydrogen-bond acceptors (Lipinski definition) is 6. The average molecular weight is 660 g/mol. The molecule has 3 aliphatic heterocycles. The summed E-state index contributed by atoms with van der Waals surface area (Å²) in [6, 6.07) is 0.0561. The molecule has 0 aromatic carbocycles. The van der Waals surface area contributed by atoms with E-state index in [0.29, 0.717) is 53.3 Å². The van der Waals surface area contributed by atoms with Crippen LogP contribution in [-0.4, -0.2) is 66.4 Å². The number of rotatable bonds is 8. The van der Waals surface area contributed by atoms with Crippen molar-refractivity contribution in [2.45, 2.75) is 130 Å². The van der Waals surface area contributed by atoms with Gasteiger partial charge >= 0.3 is 0 Å². The highest BCUT2D eigenvalue weighted by molar-refractivity contribution is 5.94. The SMILES string of the molecule is C=CC1=NC=N[N+]1(C)C1CC23C4=CCC56C=C7OC(C(C)C(C)C)(CCC5(C)C4CCC2C(C)(COC3C)C1OCC(C)(N)C(C)C)C76. The second kappa shape index (κ2) is 10.2. The van der Waals surface area contributed by atoms with Crippen LogP contribution in [0.3, 0.4) is 0 Å². The Balaban J connectivity index is 1.24. The fourth-order valence-corrected chi connectivity index (χ4v) is 13.2. The van der Waals surface area contributed by atoms with Crippen molar-refractivity contribution in [3.05, 3.63) is 36.1 Å². The number of nitrogens with zero attached hydrogens (tertiary/aromatic N) is 3. The highest BCUT2D eigenvalue weighted by atomic mass is 16.5. The van der Waals surface area contributed by atoms with Gasteiger partial charge in [-0.25, -0.2) is 0 Å². The van der Waals surface area contributed by atoms with Gasteiger partial charge in [-0.3, -0.25) is 0 Å². The highest BCUT2D eigenvalue weighted by Gasteiger charge is 2.80. The molecule has 8 aliphatic rings. The highest BCUT2D eigenvalue weighted by Crippen LogP contribution is 2.81. The molecule has 2 N–H and O–H groups in total. The van der Waals surface area contributed by atoms with E-state index in [9.17, 15) is 0 Å². The number of ether oxygens (including phenoxy) is 3. The summed E-state index contributed by atoms with van der Waals surface area (Å²) in [5.74, 6) is 5.23. The molecule has 2 saturated heterocycles. The first-order chi connectivity index (χ1) is 22.5. The molecule has 8 rings (SSSR count). The van der Waals surface area contributed by atoms with Crippen molar-refractivity contribution in [1.82, 2.24) is 0 Å².